The number of para-hydroxylation sites is 1. The van der Waals surface area contributed by atoms with Crippen molar-refractivity contribution in [2.75, 3.05) is 4.90 Å². The maximum Gasteiger partial charge on any atom is 0.177 e. The summed E-state index contributed by atoms with van der Waals surface area (Å²) in [6.07, 6.45) is 1.90. The van der Waals surface area contributed by atoms with Gasteiger partial charge in [0.2, 0.25) is 0 Å². The molecule has 10 aromatic rings. The average Bonchev–Trinajstić information content (AvgIpc) is 3.58. The highest BCUT2D eigenvalue weighted by Crippen LogP contribution is 2.45. The Kier molecular flexibility index (Phi) is 6.49. The van der Waals surface area contributed by atoms with Crippen LogP contribution in [0.3, 0.4) is 0 Å². The zero-order valence-corrected chi connectivity index (χ0v) is 27.1. The van der Waals surface area contributed by atoms with Crippen LogP contribution in [-0.2, 0) is 0 Å². The second-order valence-corrected chi connectivity index (χ2v) is 12.8. The molecule has 234 valence electrons. The van der Waals surface area contributed by atoms with Crippen LogP contribution in [0.2, 0.25) is 0 Å². The monoisotopic (exact) mass is 638 g/mol. The number of anilines is 3. The lowest BCUT2D eigenvalue weighted by molar-refractivity contribution is 0.668. The summed E-state index contributed by atoms with van der Waals surface area (Å²) in [5.41, 5.74) is 10.0. The lowest BCUT2D eigenvalue weighted by Gasteiger charge is -2.27. The number of benzene rings is 8. The smallest absolute Gasteiger partial charge is 0.177 e. The van der Waals surface area contributed by atoms with Crippen molar-refractivity contribution in [3.05, 3.63) is 182 Å². The van der Waals surface area contributed by atoms with Gasteiger partial charge < -0.3 is 9.32 Å². The quantitative estimate of drug-likeness (QED) is 0.176. The van der Waals surface area contributed by atoms with Gasteiger partial charge in [-0.1, -0.05) is 127 Å². The SMILES string of the molecule is c1ccc(-c2cc(-c3ccccc3)cc(N(c3ccc4c5ccccc5c5ccccc5c4c3)c3ccnc4c3oc3ccccc34)c2)cc1. The standard InChI is InChI=1S/C47H30N2O/c1-3-13-31(14-4-1)33-27-34(32-15-5-2-6-16-32)29-36(28-33)49(44-25-26-48-46-42-21-11-12-22-45(42)50-47(44)46)35-23-24-41-39-19-8-7-17-37(39)38-18-9-10-20-40(38)43(41)30-35/h1-30H. The van der Waals surface area contributed by atoms with Gasteiger partial charge in [-0.05, 0) is 103 Å². The third-order valence-electron chi connectivity index (χ3n) is 9.86. The third-order valence-corrected chi connectivity index (χ3v) is 9.86. The molecule has 0 N–H and O–H groups in total. The van der Waals surface area contributed by atoms with E-state index in [1.807, 2.05) is 24.4 Å². The molecule has 3 nitrogen and oxygen atoms in total. The highest BCUT2D eigenvalue weighted by Gasteiger charge is 2.22. The zero-order chi connectivity index (χ0) is 33.0. The van der Waals surface area contributed by atoms with E-state index in [2.05, 4.69) is 163 Å². The molecule has 0 fully saturated rings. The molecule has 0 unspecified atom stereocenters. The van der Waals surface area contributed by atoms with Crippen LogP contribution in [0.5, 0.6) is 0 Å². The second-order valence-electron chi connectivity index (χ2n) is 12.8. The minimum atomic E-state index is 0.753. The van der Waals surface area contributed by atoms with Crippen LogP contribution < -0.4 is 4.90 Å². The fourth-order valence-electron chi connectivity index (χ4n) is 7.56. The first kappa shape index (κ1) is 28.3. The molecule has 0 spiro atoms. The van der Waals surface area contributed by atoms with Crippen LogP contribution in [-0.4, -0.2) is 4.98 Å². The number of furan rings is 1. The van der Waals surface area contributed by atoms with Crippen LogP contribution in [0.25, 0.3) is 76.6 Å². The molecule has 3 heteroatoms. The Bertz CT molecular complexity index is 2780. The minimum Gasteiger partial charge on any atom is -0.452 e. The van der Waals surface area contributed by atoms with E-state index in [9.17, 15) is 0 Å². The van der Waals surface area contributed by atoms with Crippen LogP contribution in [0.15, 0.2) is 187 Å². The number of nitrogens with zero attached hydrogens (tertiary/aromatic N) is 2. The van der Waals surface area contributed by atoms with E-state index in [0.717, 1.165) is 61.4 Å². The molecular weight excluding hydrogens is 609 g/mol. The Labute approximate surface area is 289 Å². The maximum atomic E-state index is 6.65. The van der Waals surface area contributed by atoms with Gasteiger partial charge in [-0.15, -0.1) is 0 Å². The van der Waals surface area contributed by atoms with Gasteiger partial charge in [-0.2, -0.15) is 0 Å². The number of hydrogen-bond acceptors (Lipinski definition) is 3. The van der Waals surface area contributed by atoms with E-state index >= 15 is 0 Å². The van der Waals surface area contributed by atoms with Crippen molar-refractivity contribution in [3.8, 4) is 22.3 Å². The van der Waals surface area contributed by atoms with Gasteiger partial charge in [-0.25, -0.2) is 0 Å². The summed E-state index contributed by atoms with van der Waals surface area (Å²) in [5.74, 6) is 0. The largest absolute Gasteiger partial charge is 0.452 e. The molecule has 0 atom stereocenters. The molecule has 0 saturated carbocycles. The van der Waals surface area contributed by atoms with Crippen molar-refractivity contribution in [1.29, 1.82) is 0 Å². The van der Waals surface area contributed by atoms with Crippen molar-refractivity contribution < 1.29 is 4.42 Å². The molecule has 2 aromatic heterocycles. The van der Waals surface area contributed by atoms with Gasteiger partial charge in [0.15, 0.2) is 5.58 Å². The molecule has 0 aliphatic rings. The van der Waals surface area contributed by atoms with Crippen molar-refractivity contribution >= 4 is 71.4 Å². The predicted octanol–water partition coefficient (Wildman–Crippen LogP) is 13.2. The van der Waals surface area contributed by atoms with Gasteiger partial charge in [-0.3, -0.25) is 4.98 Å². The Balaban J connectivity index is 1.30. The van der Waals surface area contributed by atoms with E-state index in [0.29, 0.717) is 0 Å². The number of fused-ring (bicyclic) bond motifs is 9. The summed E-state index contributed by atoms with van der Waals surface area (Å²) in [5, 5.41) is 8.44. The molecule has 0 aliphatic carbocycles. The van der Waals surface area contributed by atoms with Crippen molar-refractivity contribution in [2.24, 2.45) is 0 Å². The third kappa shape index (κ3) is 4.56. The van der Waals surface area contributed by atoms with E-state index in [4.69, 9.17) is 9.40 Å². The fourth-order valence-corrected chi connectivity index (χ4v) is 7.56. The molecule has 0 radical (unpaired) electrons. The average molecular weight is 639 g/mol. The van der Waals surface area contributed by atoms with Gasteiger partial charge in [0.25, 0.3) is 0 Å². The van der Waals surface area contributed by atoms with Crippen molar-refractivity contribution in [2.45, 2.75) is 0 Å². The molecule has 0 bridgehead atoms. The maximum absolute atomic E-state index is 6.65. The molecule has 0 aliphatic heterocycles. The van der Waals surface area contributed by atoms with Crippen LogP contribution in [0, 0.1) is 0 Å². The first-order chi connectivity index (χ1) is 24.8. The number of hydrogen-bond donors (Lipinski definition) is 0. The number of pyridine rings is 1. The lowest BCUT2D eigenvalue weighted by Crippen LogP contribution is -2.11. The molecule has 8 aromatic carbocycles. The summed E-state index contributed by atoms with van der Waals surface area (Å²) in [4.78, 5) is 7.18. The van der Waals surface area contributed by atoms with Gasteiger partial charge >= 0.3 is 0 Å². The first-order valence-electron chi connectivity index (χ1n) is 17.0. The summed E-state index contributed by atoms with van der Waals surface area (Å²) >= 11 is 0. The van der Waals surface area contributed by atoms with Gasteiger partial charge in [0, 0.05) is 23.0 Å². The summed E-state index contributed by atoms with van der Waals surface area (Å²) in [7, 11) is 0. The van der Waals surface area contributed by atoms with Crippen LogP contribution >= 0.6 is 0 Å². The van der Waals surface area contributed by atoms with Crippen molar-refractivity contribution in [3.63, 3.8) is 0 Å². The summed E-state index contributed by atoms with van der Waals surface area (Å²) in [6, 6.07) is 62.7. The zero-order valence-electron chi connectivity index (χ0n) is 27.1. The molecular formula is C47H30N2O. The molecule has 0 saturated heterocycles. The number of rotatable bonds is 5. The topological polar surface area (TPSA) is 29.3 Å². The van der Waals surface area contributed by atoms with Gasteiger partial charge in [0.1, 0.15) is 11.1 Å². The van der Waals surface area contributed by atoms with E-state index in [-0.39, 0.29) is 0 Å². The lowest BCUT2D eigenvalue weighted by atomic mass is 9.93. The summed E-state index contributed by atoms with van der Waals surface area (Å²) in [6.45, 7) is 0. The Hall–Kier alpha value is -6.71. The Morgan fingerprint density at radius 1 is 0.380 bits per heavy atom. The predicted molar refractivity (Wildman–Crippen MR) is 210 cm³/mol. The molecule has 2 heterocycles. The highest BCUT2D eigenvalue weighted by molar-refractivity contribution is 6.26. The Morgan fingerprint density at radius 2 is 0.900 bits per heavy atom. The molecule has 50 heavy (non-hydrogen) atoms. The van der Waals surface area contributed by atoms with E-state index < -0.39 is 0 Å². The summed E-state index contributed by atoms with van der Waals surface area (Å²) < 4.78 is 6.65. The second kappa shape index (κ2) is 11.5. The highest BCUT2D eigenvalue weighted by atomic mass is 16.3. The van der Waals surface area contributed by atoms with Crippen LogP contribution in [0.4, 0.5) is 17.1 Å². The fraction of sp³-hybridized carbons (Fsp3) is 0. The Morgan fingerprint density at radius 3 is 1.52 bits per heavy atom. The van der Waals surface area contributed by atoms with Crippen molar-refractivity contribution in [1.82, 2.24) is 4.98 Å². The van der Waals surface area contributed by atoms with Gasteiger partial charge in [0.05, 0.1) is 5.69 Å². The molecule has 10 rings (SSSR count). The van der Waals surface area contributed by atoms with E-state index in [1.165, 1.54) is 32.3 Å². The minimum absolute atomic E-state index is 0.753. The van der Waals surface area contributed by atoms with E-state index in [1.54, 1.807) is 0 Å². The van der Waals surface area contributed by atoms with Crippen LogP contribution in [0.1, 0.15) is 0 Å². The molecule has 0 amide bonds. The normalized spacial score (nSPS) is 11.6. The first-order valence-corrected chi connectivity index (χ1v) is 17.0. The number of aromatic nitrogens is 1.